The maximum atomic E-state index is 12.8. The van der Waals surface area contributed by atoms with Gasteiger partial charge in [-0.2, -0.15) is 0 Å². The third kappa shape index (κ3) is 4.86. The minimum Gasteiger partial charge on any atom is -0.486 e. The summed E-state index contributed by atoms with van der Waals surface area (Å²) in [5.41, 5.74) is 1.54. The number of thioether (sulfide) groups is 1. The minimum atomic E-state index is -0.404. The van der Waals surface area contributed by atoms with Crippen molar-refractivity contribution in [2.24, 2.45) is 0 Å². The third-order valence-electron chi connectivity index (χ3n) is 4.59. The van der Waals surface area contributed by atoms with Gasteiger partial charge in [-0.25, -0.2) is 0 Å². The summed E-state index contributed by atoms with van der Waals surface area (Å²) >= 11 is 7.32. The average molecular weight is 457 g/mol. The van der Waals surface area contributed by atoms with E-state index < -0.39 is 5.25 Å². The number of hydrogen-bond donors (Lipinski definition) is 1. The molecule has 0 aliphatic carbocycles. The fraction of sp³-hybridized carbons (Fsp3) is 0.227. The van der Waals surface area contributed by atoms with Gasteiger partial charge in [-0.15, -0.1) is 16.8 Å². The number of hydrogen-bond acceptors (Lipinski definition) is 6. The lowest BCUT2D eigenvalue weighted by atomic mass is 10.2. The van der Waals surface area contributed by atoms with Crippen LogP contribution in [0.25, 0.3) is 11.4 Å². The number of nitrogens with zero attached hydrogens (tertiary/aromatic N) is 3. The molecule has 160 valence electrons. The third-order valence-corrected chi connectivity index (χ3v) is 5.92. The number of amides is 1. The second-order valence-electron chi connectivity index (χ2n) is 6.82. The van der Waals surface area contributed by atoms with Crippen LogP contribution in [0, 0.1) is 0 Å². The Morgan fingerprint density at radius 1 is 1.23 bits per heavy atom. The summed E-state index contributed by atoms with van der Waals surface area (Å²) in [6.45, 7) is 7.18. The van der Waals surface area contributed by atoms with Crippen LogP contribution in [0.5, 0.6) is 11.5 Å². The maximum absolute atomic E-state index is 12.8. The van der Waals surface area contributed by atoms with Gasteiger partial charge in [0, 0.05) is 28.9 Å². The SMILES string of the molecule is C=CCn1c(SC(C)C(=O)Nc2ccc3c(c2)OCCO3)nnc1-c1ccc(Cl)cc1. The van der Waals surface area contributed by atoms with Crippen molar-refractivity contribution in [1.82, 2.24) is 14.8 Å². The van der Waals surface area contributed by atoms with Crippen molar-refractivity contribution in [3.05, 3.63) is 60.1 Å². The molecule has 2 aromatic carbocycles. The minimum absolute atomic E-state index is 0.150. The molecule has 0 saturated carbocycles. The number of allylic oxidation sites excluding steroid dienone is 1. The van der Waals surface area contributed by atoms with E-state index in [9.17, 15) is 4.79 Å². The van der Waals surface area contributed by atoms with Crippen LogP contribution in [0.1, 0.15) is 6.92 Å². The van der Waals surface area contributed by atoms with Gasteiger partial charge in [0.05, 0.1) is 5.25 Å². The summed E-state index contributed by atoms with van der Waals surface area (Å²) in [7, 11) is 0. The van der Waals surface area contributed by atoms with Gasteiger partial charge in [0.15, 0.2) is 22.5 Å². The summed E-state index contributed by atoms with van der Waals surface area (Å²) in [6.07, 6.45) is 1.77. The Balaban J connectivity index is 1.48. The van der Waals surface area contributed by atoms with E-state index in [1.54, 1.807) is 36.4 Å². The highest BCUT2D eigenvalue weighted by Crippen LogP contribution is 2.33. The molecule has 0 fully saturated rings. The first kappa shape index (κ1) is 21.3. The Morgan fingerprint density at radius 3 is 2.71 bits per heavy atom. The molecule has 1 atom stereocenters. The standard InChI is InChI=1S/C22H21ClN4O3S/c1-3-10-27-20(15-4-6-16(23)7-5-15)25-26-22(27)31-14(2)21(28)24-17-8-9-18-19(13-17)30-12-11-29-18/h3-9,13-14H,1,10-12H2,2H3,(H,24,28). The van der Waals surface area contributed by atoms with Gasteiger partial charge in [-0.1, -0.05) is 29.4 Å². The zero-order valence-electron chi connectivity index (χ0n) is 16.9. The number of nitrogens with one attached hydrogen (secondary N) is 1. The van der Waals surface area contributed by atoms with Crippen LogP contribution in [0.15, 0.2) is 60.3 Å². The lowest BCUT2D eigenvalue weighted by Gasteiger charge is -2.19. The second kappa shape index (κ2) is 9.45. The molecule has 1 aromatic heterocycles. The molecule has 3 aromatic rings. The zero-order chi connectivity index (χ0) is 21.8. The maximum Gasteiger partial charge on any atom is 0.237 e. The van der Waals surface area contributed by atoms with Gasteiger partial charge in [0.2, 0.25) is 5.91 Å². The predicted molar refractivity (Wildman–Crippen MR) is 122 cm³/mol. The first-order valence-corrected chi connectivity index (χ1v) is 11.0. The topological polar surface area (TPSA) is 78.3 Å². The van der Waals surface area contributed by atoms with E-state index in [4.69, 9.17) is 21.1 Å². The molecule has 0 radical (unpaired) electrons. The molecule has 0 bridgehead atoms. The van der Waals surface area contributed by atoms with Crippen molar-refractivity contribution in [3.63, 3.8) is 0 Å². The molecule has 4 rings (SSSR count). The van der Waals surface area contributed by atoms with Gasteiger partial charge < -0.3 is 14.8 Å². The van der Waals surface area contributed by atoms with Crippen molar-refractivity contribution in [2.75, 3.05) is 18.5 Å². The van der Waals surface area contributed by atoms with E-state index in [1.807, 2.05) is 23.6 Å². The highest BCUT2D eigenvalue weighted by Gasteiger charge is 2.21. The Bertz CT molecular complexity index is 1100. The number of carbonyl (C=O) groups is 1. The summed E-state index contributed by atoms with van der Waals surface area (Å²) in [4.78, 5) is 12.8. The largest absolute Gasteiger partial charge is 0.486 e. The number of aromatic nitrogens is 3. The number of benzene rings is 2. The number of anilines is 1. The van der Waals surface area contributed by atoms with Crippen molar-refractivity contribution in [1.29, 1.82) is 0 Å². The molecule has 1 N–H and O–H groups in total. The van der Waals surface area contributed by atoms with Gasteiger partial charge in [-0.05, 0) is 43.3 Å². The number of fused-ring (bicyclic) bond motifs is 1. The number of carbonyl (C=O) groups excluding carboxylic acids is 1. The number of halogens is 1. The molecule has 0 saturated heterocycles. The van der Waals surface area contributed by atoms with Crippen LogP contribution < -0.4 is 14.8 Å². The van der Waals surface area contributed by atoms with Gasteiger partial charge in [0.25, 0.3) is 0 Å². The number of ether oxygens (including phenoxy) is 2. The van der Waals surface area contributed by atoms with Crippen molar-refractivity contribution in [3.8, 4) is 22.9 Å². The van der Waals surface area contributed by atoms with E-state index >= 15 is 0 Å². The van der Waals surface area contributed by atoms with Crippen molar-refractivity contribution < 1.29 is 14.3 Å². The van der Waals surface area contributed by atoms with Gasteiger partial charge in [0.1, 0.15) is 13.2 Å². The van der Waals surface area contributed by atoms with E-state index in [0.717, 1.165) is 5.56 Å². The Morgan fingerprint density at radius 2 is 1.97 bits per heavy atom. The average Bonchev–Trinajstić information content (AvgIpc) is 3.16. The normalized spacial score (nSPS) is 13.5. The molecule has 1 unspecified atom stereocenters. The summed E-state index contributed by atoms with van der Waals surface area (Å²) in [5, 5.41) is 12.4. The lowest BCUT2D eigenvalue weighted by molar-refractivity contribution is -0.115. The first-order chi connectivity index (χ1) is 15.0. The fourth-order valence-corrected chi connectivity index (χ4v) is 4.04. The highest BCUT2D eigenvalue weighted by atomic mass is 35.5. The quantitative estimate of drug-likeness (QED) is 0.411. The van der Waals surface area contributed by atoms with Crippen molar-refractivity contribution >= 4 is 35.0 Å². The molecule has 1 aliphatic rings. The Hall–Kier alpha value is -2.97. The van der Waals surface area contributed by atoms with Crippen LogP contribution in [-0.4, -0.2) is 39.1 Å². The van der Waals surface area contributed by atoms with Gasteiger partial charge >= 0.3 is 0 Å². The van der Waals surface area contributed by atoms with E-state index in [-0.39, 0.29) is 5.91 Å². The lowest BCUT2D eigenvalue weighted by Crippen LogP contribution is -2.23. The Kier molecular flexibility index (Phi) is 6.48. The van der Waals surface area contributed by atoms with Gasteiger partial charge in [-0.3, -0.25) is 9.36 Å². The fourth-order valence-electron chi connectivity index (χ4n) is 3.06. The highest BCUT2D eigenvalue weighted by molar-refractivity contribution is 8.00. The summed E-state index contributed by atoms with van der Waals surface area (Å²) < 4.78 is 13.0. The van der Waals surface area contributed by atoms with Crippen LogP contribution in [0.2, 0.25) is 5.02 Å². The summed E-state index contributed by atoms with van der Waals surface area (Å²) in [5.74, 6) is 1.85. The van der Waals surface area contributed by atoms with E-state index in [0.29, 0.717) is 52.9 Å². The number of rotatable bonds is 7. The monoisotopic (exact) mass is 456 g/mol. The van der Waals surface area contributed by atoms with Crippen LogP contribution in [0.3, 0.4) is 0 Å². The van der Waals surface area contributed by atoms with E-state index in [2.05, 4.69) is 22.1 Å². The Labute approximate surface area is 189 Å². The first-order valence-electron chi connectivity index (χ1n) is 9.72. The molecule has 9 heteroatoms. The summed E-state index contributed by atoms with van der Waals surface area (Å²) in [6, 6.07) is 12.7. The molecule has 0 spiro atoms. The molecule has 1 amide bonds. The molecule has 2 heterocycles. The second-order valence-corrected chi connectivity index (χ2v) is 8.56. The predicted octanol–water partition coefficient (Wildman–Crippen LogP) is 4.68. The van der Waals surface area contributed by atoms with Crippen molar-refractivity contribution in [2.45, 2.75) is 23.9 Å². The van der Waals surface area contributed by atoms with E-state index in [1.165, 1.54) is 11.8 Å². The molecule has 7 nitrogen and oxygen atoms in total. The molecule has 31 heavy (non-hydrogen) atoms. The van der Waals surface area contributed by atoms with Crippen LogP contribution in [-0.2, 0) is 11.3 Å². The smallest absolute Gasteiger partial charge is 0.237 e. The molecular weight excluding hydrogens is 436 g/mol. The molecule has 1 aliphatic heterocycles. The van der Waals surface area contributed by atoms with Crippen LogP contribution in [0.4, 0.5) is 5.69 Å². The zero-order valence-corrected chi connectivity index (χ0v) is 18.4. The van der Waals surface area contributed by atoms with Crippen LogP contribution >= 0.6 is 23.4 Å². The molecular formula is C22H21ClN4O3S.